The monoisotopic (exact) mass is 252 g/mol. The molecule has 1 aliphatic rings. The molecule has 0 fully saturated rings. The number of halogens is 1. The first-order valence-electron chi connectivity index (χ1n) is 5.23. The molecule has 0 amide bonds. The van der Waals surface area contributed by atoms with Crippen LogP contribution in [0.2, 0.25) is 0 Å². The number of hydrogen-bond acceptors (Lipinski definition) is 1. The Bertz CT molecular complexity index is 511. The third-order valence-corrected chi connectivity index (χ3v) is 5.95. The number of benzene rings is 1. The summed E-state index contributed by atoms with van der Waals surface area (Å²) in [6, 6.07) is 7.90. The van der Waals surface area contributed by atoms with Crippen molar-refractivity contribution in [1.82, 2.24) is 0 Å². The second-order valence-corrected chi connectivity index (χ2v) is 7.32. The molecule has 0 saturated carbocycles. The van der Waals surface area contributed by atoms with Crippen LogP contribution in [0, 0.1) is 6.92 Å². The summed E-state index contributed by atoms with van der Waals surface area (Å²) >= 11 is 5.98. The van der Waals surface area contributed by atoms with E-state index in [1.54, 1.807) is 0 Å². The normalized spacial score (nSPS) is 24.9. The maximum atomic E-state index is 12.7. The lowest BCUT2D eigenvalue weighted by molar-refractivity contribution is 0.588. The van der Waals surface area contributed by atoms with Crippen LogP contribution < -0.4 is 5.30 Å². The molecular formula is C13H14ClOP. The summed E-state index contributed by atoms with van der Waals surface area (Å²) in [5, 5.41) is 1.64. The van der Waals surface area contributed by atoms with Crippen molar-refractivity contribution in [3.63, 3.8) is 0 Å². The maximum Gasteiger partial charge on any atom is 0.140 e. The van der Waals surface area contributed by atoms with Crippen molar-refractivity contribution in [3.05, 3.63) is 52.3 Å². The van der Waals surface area contributed by atoms with Crippen LogP contribution in [0.4, 0.5) is 0 Å². The lowest BCUT2D eigenvalue weighted by Gasteiger charge is -2.18. The van der Waals surface area contributed by atoms with Gasteiger partial charge in [-0.2, -0.15) is 0 Å². The standard InChI is InChI=1S/C13H14ClOP/c1-10-3-5-12(6-4-10)16(15)8-7-13(14)11(2)9-16/h3-7,9H,8H2,1-2H3. The summed E-state index contributed by atoms with van der Waals surface area (Å²) < 4.78 is 12.7. The molecule has 0 aliphatic carbocycles. The molecule has 16 heavy (non-hydrogen) atoms. The van der Waals surface area contributed by atoms with E-state index in [0.29, 0.717) is 6.16 Å². The first kappa shape index (κ1) is 11.7. The molecule has 3 heteroatoms. The molecule has 0 bridgehead atoms. The van der Waals surface area contributed by atoms with Crippen molar-refractivity contribution in [2.24, 2.45) is 0 Å². The zero-order valence-electron chi connectivity index (χ0n) is 9.40. The third-order valence-electron chi connectivity index (χ3n) is 2.79. The summed E-state index contributed by atoms with van der Waals surface area (Å²) in [7, 11) is -2.40. The van der Waals surface area contributed by atoms with Gasteiger partial charge in [0.2, 0.25) is 0 Å². The molecule has 0 spiro atoms. The van der Waals surface area contributed by atoms with Gasteiger partial charge in [-0.05, 0) is 25.2 Å². The average Bonchev–Trinajstić information content (AvgIpc) is 2.25. The highest BCUT2D eigenvalue weighted by atomic mass is 35.5. The minimum atomic E-state index is -2.40. The Hall–Kier alpha value is -0.780. The third kappa shape index (κ3) is 2.16. The van der Waals surface area contributed by atoms with Crippen molar-refractivity contribution in [1.29, 1.82) is 0 Å². The van der Waals surface area contributed by atoms with Gasteiger partial charge in [-0.15, -0.1) is 0 Å². The van der Waals surface area contributed by atoms with Crippen LogP contribution in [0.1, 0.15) is 12.5 Å². The van der Waals surface area contributed by atoms with E-state index in [1.165, 1.54) is 5.56 Å². The first-order chi connectivity index (χ1) is 7.51. The van der Waals surface area contributed by atoms with Gasteiger partial charge in [0, 0.05) is 16.5 Å². The number of rotatable bonds is 1. The van der Waals surface area contributed by atoms with Gasteiger partial charge in [0.1, 0.15) is 7.14 Å². The lowest BCUT2D eigenvalue weighted by Crippen LogP contribution is -2.08. The molecule has 1 nitrogen and oxygen atoms in total. The highest BCUT2D eigenvalue weighted by Crippen LogP contribution is 2.50. The highest BCUT2D eigenvalue weighted by molar-refractivity contribution is 7.74. The van der Waals surface area contributed by atoms with Crippen LogP contribution in [0.25, 0.3) is 0 Å². The zero-order valence-corrected chi connectivity index (χ0v) is 11.1. The van der Waals surface area contributed by atoms with Crippen LogP contribution >= 0.6 is 18.7 Å². The van der Waals surface area contributed by atoms with Crippen LogP contribution in [0.15, 0.2) is 46.8 Å². The summed E-state index contributed by atoms with van der Waals surface area (Å²) in [5.41, 5.74) is 2.10. The van der Waals surface area contributed by atoms with E-state index >= 15 is 0 Å². The van der Waals surface area contributed by atoms with Crippen LogP contribution in [-0.4, -0.2) is 6.16 Å². The Kier molecular flexibility index (Phi) is 3.10. The minimum absolute atomic E-state index is 0.534. The number of allylic oxidation sites excluding steroid dienone is 3. The lowest BCUT2D eigenvalue weighted by atomic mass is 10.2. The Balaban J connectivity index is 2.42. The van der Waals surface area contributed by atoms with Gasteiger partial charge in [0.25, 0.3) is 0 Å². The van der Waals surface area contributed by atoms with Gasteiger partial charge in [0.15, 0.2) is 0 Å². The van der Waals surface area contributed by atoms with E-state index in [-0.39, 0.29) is 0 Å². The highest BCUT2D eigenvalue weighted by Gasteiger charge is 2.24. The molecule has 1 aromatic carbocycles. The molecule has 2 rings (SSSR count). The Morgan fingerprint density at radius 2 is 1.81 bits per heavy atom. The SMILES string of the molecule is CC1=CP(=O)(c2ccc(C)cc2)CC=C1Cl. The first-order valence-corrected chi connectivity index (χ1v) is 7.57. The van der Waals surface area contributed by atoms with Gasteiger partial charge in [-0.1, -0.05) is 47.5 Å². The average molecular weight is 253 g/mol. The van der Waals surface area contributed by atoms with Gasteiger partial charge in [-0.3, -0.25) is 0 Å². The second kappa shape index (κ2) is 4.24. The van der Waals surface area contributed by atoms with Gasteiger partial charge < -0.3 is 4.57 Å². The predicted molar refractivity (Wildman–Crippen MR) is 71.0 cm³/mol. The maximum absolute atomic E-state index is 12.7. The van der Waals surface area contributed by atoms with E-state index in [0.717, 1.165) is 15.9 Å². The van der Waals surface area contributed by atoms with Crippen LogP contribution in [0.3, 0.4) is 0 Å². The van der Waals surface area contributed by atoms with E-state index in [1.807, 2.05) is 50.0 Å². The second-order valence-electron chi connectivity index (χ2n) is 4.18. The van der Waals surface area contributed by atoms with E-state index in [2.05, 4.69) is 0 Å². The van der Waals surface area contributed by atoms with Crippen molar-refractivity contribution in [3.8, 4) is 0 Å². The largest absolute Gasteiger partial charge is 0.314 e. The Morgan fingerprint density at radius 1 is 1.19 bits per heavy atom. The fourth-order valence-corrected chi connectivity index (χ4v) is 4.43. The molecule has 84 valence electrons. The quantitative estimate of drug-likeness (QED) is 0.690. The van der Waals surface area contributed by atoms with Crippen molar-refractivity contribution < 1.29 is 4.57 Å². The fourth-order valence-electron chi connectivity index (χ4n) is 1.78. The van der Waals surface area contributed by atoms with Crippen LogP contribution in [0.5, 0.6) is 0 Å². The van der Waals surface area contributed by atoms with Crippen molar-refractivity contribution in [2.75, 3.05) is 6.16 Å². The molecule has 1 aromatic rings. The van der Waals surface area contributed by atoms with E-state index in [9.17, 15) is 4.57 Å². The summed E-state index contributed by atoms with van der Waals surface area (Å²) in [6.07, 6.45) is 2.39. The minimum Gasteiger partial charge on any atom is -0.314 e. The molecule has 0 N–H and O–H groups in total. The summed E-state index contributed by atoms with van der Waals surface area (Å²) in [4.78, 5) is 0. The molecule has 1 unspecified atom stereocenters. The molecule has 0 saturated heterocycles. The molecule has 0 aromatic heterocycles. The van der Waals surface area contributed by atoms with E-state index in [4.69, 9.17) is 11.6 Å². The van der Waals surface area contributed by atoms with Gasteiger partial charge >= 0.3 is 0 Å². The molecule has 1 atom stereocenters. The Labute approximate surface area is 101 Å². The topological polar surface area (TPSA) is 17.1 Å². The summed E-state index contributed by atoms with van der Waals surface area (Å²) in [6.45, 7) is 3.93. The summed E-state index contributed by atoms with van der Waals surface area (Å²) in [5.74, 6) is 1.83. The molecule has 1 aliphatic heterocycles. The molecule has 0 radical (unpaired) electrons. The van der Waals surface area contributed by atoms with Crippen LogP contribution in [-0.2, 0) is 4.57 Å². The van der Waals surface area contributed by atoms with Crippen molar-refractivity contribution >= 4 is 24.0 Å². The number of hydrogen-bond donors (Lipinski definition) is 0. The fraction of sp³-hybridized carbons (Fsp3) is 0.231. The predicted octanol–water partition coefficient (Wildman–Crippen LogP) is 4.02. The smallest absolute Gasteiger partial charge is 0.140 e. The number of aryl methyl sites for hydroxylation is 1. The van der Waals surface area contributed by atoms with Gasteiger partial charge in [0.05, 0.1) is 0 Å². The molecular weight excluding hydrogens is 239 g/mol. The molecule has 1 heterocycles. The van der Waals surface area contributed by atoms with Gasteiger partial charge in [-0.25, -0.2) is 0 Å². The Morgan fingerprint density at radius 3 is 2.38 bits per heavy atom. The van der Waals surface area contributed by atoms with E-state index < -0.39 is 7.14 Å². The van der Waals surface area contributed by atoms with Crippen molar-refractivity contribution in [2.45, 2.75) is 13.8 Å². The zero-order chi connectivity index (χ0) is 11.8.